The molecule has 0 unspecified atom stereocenters. The van der Waals surface area contributed by atoms with Gasteiger partial charge in [0.05, 0.1) is 17.6 Å². The summed E-state index contributed by atoms with van der Waals surface area (Å²) in [6.45, 7) is 3.53. The van der Waals surface area contributed by atoms with Crippen molar-refractivity contribution in [1.29, 1.82) is 5.26 Å². The molecule has 2 nitrogen and oxygen atoms in total. The van der Waals surface area contributed by atoms with Gasteiger partial charge in [-0.1, -0.05) is 30.7 Å². The van der Waals surface area contributed by atoms with Crippen LogP contribution in [0.2, 0.25) is 5.02 Å². The lowest BCUT2D eigenvalue weighted by Gasteiger charge is -2.18. The molecule has 0 aliphatic carbocycles. The lowest BCUT2D eigenvalue weighted by molar-refractivity contribution is 0.294. The van der Waals surface area contributed by atoms with Gasteiger partial charge in [-0.05, 0) is 19.0 Å². The molecule has 0 aliphatic heterocycles. The number of hydrogen-bond acceptors (Lipinski definition) is 2. The van der Waals surface area contributed by atoms with Gasteiger partial charge in [-0.2, -0.15) is 5.26 Å². The fourth-order valence-electron chi connectivity index (χ4n) is 1.54. The second-order valence-electron chi connectivity index (χ2n) is 3.58. The summed E-state index contributed by atoms with van der Waals surface area (Å²) in [6, 6.07) is 7.02. The number of hydrogen-bond donors (Lipinski definition) is 0. The quantitative estimate of drug-likeness (QED) is 0.739. The maximum Gasteiger partial charge on any atom is 0.146 e. The number of rotatable bonds is 5. The van der Waals surface area contributed by atoms with Crippen molar-refractivity contribution >= 4 is 11.6 Å². The summed E-state index contributed by atoms with van der Waals surface area (Å²) in [5.74, 6) is -0.386. The van der Waals surface area contributed by atoms with Gasteiger partial charge in [0, 0.05) is 12.1 Å². The first-order chi connectivity index (χ1) is 7.69. The molecule has 1 rings (SSSR count). The van der Waals surface area contributed by atoms with E-state index in [9.17, 15) is 4.39 Å². The molecule has 0 fully saturated rings. The van der Waals surface area contributed by atoms with Crippen LogP contribution in [0.15, 0.2) is 18.2 Å². The predicted octanol–water partition coefficient (Wildman–Crippen LogP) is 3.21. The highest BCUT2D eigenvalue weighted by atomic mass is 35.5. The van der Waals surface area contributed by atoms with Crippen LogP contribution < -0.4 is 0 Å². The molecule has 0 bridgehead atoms. The van der Waals surface area contributed by atoms with Gasteiger partial charge in [-0.15, -0.1) is 0 Å². The monoisotopic (exact) mass is 240 g/mol. The van der Waals surface area contributed by atoms with Gasteiger partial charge < -0.3 is 0 Å². The van der Waals surface area contributed by atoms with Crippen LogP contribution in [0.3, 0.4) is 0 Å². The van der Waals surface area contributed by atoms with Crippen LogP contribution in [0.4, 0.5) is 4.39 Å². The first-order valence-electron chi connectivity index (χ1n) is 5.21. The Bertz CT molecular complexity index is 387. The van der Waals surface area contributed by atoms with Crippen LogP contribution in [-0.4, -0.2) is 18.0 Å². The molecule has 86 valence electrons. The maximum absolute atomic E-state index is 13.6. The van der Waals surface area contributed by atoms with Gasteiger partial charge in [0.2, 0.25) is 0 Å². The summed E-state index contributed by atoms with van der Waals surface area (Å²) in [6.07, 6.45) is 0.934. The standard InChI is InChI=1S/C12H14ClFN2/c1-2-7-16(8-6-15)9-10-4-3-5-11(13)12(10)14/h3-5H,2,7-9H2,1H3. The van der Waals surface area contributed by atoms with Crippen molar-refractivity contribution in [3.05, 3.63) is 34.6 Å². The van der Waals surface area contributed by atoms with E-state index in [0.29, 0.717) is 18.7 Å². The minimum atomic E-state index is -0.386. The molecule has 0 saturated heterocycles. The third kappa shape index (κ3) is 3.48. The van der Waals surface area contributed by atoms with E-state index in [2.05, 4.69) is 6.07 Å². The molecule has 16 heavy (non-hydrogen) atoms. The molecule has 0 heterocycles. The van der Waals surface area contributed by atoms with Crippen LogP contribution in [-0.2, 0) is 6.54 Å². The number of nitriles is 1. The molecule has 0 spiro atoms. The van der Waals surface area contributed by atoms with E-state index >= 15 is 0 Å². The molecule has 0 saturated carbocycles. The van der Waals surface area contributed by atoms with E-state index in [4.69, 9.17) is 16.9 Å². The third-order valence-electron chi connectivity index (χ3n) is 2.26. The van der Waals surface area contributed by atoms with Crippen molar-refractivity contribution in [2.45, 2.75) is 19.9 Å². The maximum atomic E-state index is 13.6. The molecular formula is C12H14ClFN2. The highest BCUT2D eigenvalue weighted by molar-refractivity contribution is 6.30. The van der Waals surface area contributed by atoms with E-state index in [1.54, 1.807) is 12.1 Å². The topological polar surface area (TPSA) is 27.0 Å². The zero-order chi connectivity index (χ0) is 12.0. The van der Waals surface area contributed by atoms with Crippen molar-refractivity contribution in [1.82, 2.24) is 4.90 Å². The molecule has 1 aromatic carbocycles. The lowest BCUT2D eigenvalue weighted by atomic mass is 10.2. The highest BCUT2D eigenvalue weighted by Gasteiger charge is 2.10. The van der Waals surface area contributed by atoms with E-state index in [1.807, 2.05) is 11.8 Å². The zero-order valence-corrected chi connectivity index (χ0v) is 9.97. The zero-order valence-electron chi connectivity index (χ0n) is 9.21. The summed E-state index contributed by atoms with van der Waals surface area (Å²) in [5.41, 5.74) is 0.538. The van der Waals surface area contributed by atoms with Gasteiger partial charge in [0.15, 0.2) is 0 Å². The molecule has 1 aromatic rings. The van der Waals surface area contributed by atoms with E-state index in [1.165, 1.54) is 6.07 Å². The Hall–Kier alpha value is -1.11. The molecule has 0 atom stereocenters. The fraction of sp³-hybridized carbons (Fsp3) is 0.417. The van der Waals surface area contributed by atoms with Gasteiger partial charge >= 0.3 is 0 Å². The average Bonchev–Trinajstić information content (AvgIpc) is 2.25. The van der Waals surface area contributed by atoms with Crippen molar-refractivity contribution in [3.8, 4) is 6.07 Å². The second kappa shape index (κ2) is 6.47. The molecule has 0 N–H and O–H groups in total. The van der Waals surface area contributed by atoms with Crippen LogP contribution in [0.5, 0.6) is 0 Å². The Morgan fingerprint density at radius 3 is 2.88 bits per heavy atom. The second-order valence-corrected chi connectivity index (χ2v) is 3.99. The molecule has 0 radical (unpaired) electrons. The third-order valence-corrected chi connectivity index (χ3v) is 2.55. The van der Waals surface area contributed by atoms with Crippen molar-refractivity contribution in [3.63, 3.8) is 0 Å². The number of nitrogens with zero attached hydrogens (tertiary/aromatic N) is 2. The summed E-state index contributed by atoms with van der Waals surface area (Å²) in [5, 5.41) is 8.78. The first-order valence-corrected chi connectivity index (χ1v) is 5.59. The molecular weight excluding hydrogens is 227 g/mol. The minimum Gasteiger partial charge on any atom is -0.286 e. The summed E-state index contributed by atoms with van der Waals surface area (Å²) in [4.78, 5) is 1.90. The van der Waals surface area contributed by atoms with Gasteiger partial charge in [0.1, 0.15) is 5.82 Å². The molecule has 0 aliphatic rings. The molecule has 4 heteroatoms. The normalized spacial score (nSPS) is 10.4. The van der Waals surface area contributed by atoms with Crippen molar-refractivity contribution in [2.24, 2.45) is 0 Å². The Balaban J connectivity index is 2.77. The minimum absolute atomic E-state index is 0.130. The fourth-order valence-corrected chi connectivity index (χ4v) is 1.74. The summed E-state index contributed by atoms with van der Waals surface area (Å²) < 4.78 is 13.6. The van der Waals surface area contributed by atoms with E-state index in [-0.39, 0.29) is 10.8 Å². The number of halogens is 2. The van der Waals surface area contributed by atoms with Gasteiger partial charge in [-0.3, -0.25) is 4.90 Å². The van der Waals surface area contributed by atoms with Crippen molar-refractivity contribution < 1.29 is 4.39 Å². The van der Waals surface area contributed by atoms with Crippen LogP contribution in [0.25, 0.3) is 0 Å². The molecule has 0 aromatic heterocycles. The summed E-state index contributed by atoms with van der Waals surface area (Å²) >= 11 is 5.69. The van der Waals surface area contributed by atoms with E-state index < -0.39 is 0 Å². The Morgan fingerprint density at radius 2 is 2.25 bits per heavy atom. The largest absolute Gasteiger partial charge is 0.286 e. The molecule has 0 amide bonds. The van der Waals surface area contributed by atoms with E-state index in [0.717, 1.165) is 13.0 Å². The lowest BCUT2D eigenvalue weighted by Crippen LogP contribution is -2.24. The van der Waals surface area contributed by atoms with Crippen molar-refractivity contribution in [2.75, 3.05) is 13.1 Å². The predicted molar refractivity (Wildman–Crippen MR) is 62.6 cm³/mol. The Labute approximate surface area is 100 Å². The van der Waals surface area contributed by atoms with Crippen LogP contribution in [0.1, 0.15) is 18.9 Å². The smallest absolute Gasteiger partial charge is 0.146 e. The Morgan fingerprint density at radius 1 is 1.50 bits per heavy atom. The SMILES string of the molecule is CCCN(CC#N)Cc1cccc(Cl)c1F. The summed E-state index contributed by atoms with van der Waals surface area (Å²) in [7, 11) is 0. The van der Waals surface area contributed by atoms with Gasteiger partial charge in [0.25, 0.3) is 0 Å². The average molecular weight is 241 g/mol. The Kier molecular flexibility index (Phi) is 5.24. The van der Waals surface area contributed by atoms with Gasteiger partial charge in [-0.25, -0.2) is 4.39 Å². The highest BCUT2D eigenvalue weighted by Crippen LogP contribution is 2.19. The van der Waals surface area contributed by atoms with Crippen LogP contribution >= 0.6 is 11.6 Å². The van der Waals surface area contributed by atoms with Crippen LogP contribution in [0, 0.1) is 17.1 Å². The first kappa shape index (κ1) is 13.0. The number of benzene rings is 1.